The predicted molar refractivity (Wildman–Crippen MR) is 225 cm³/mol. The van der Waals surface area contributed by atoms with Crippen molar-refractivity contribution in [1.29, 1.82) is 5.41 Å². The summed E-state index contributed by atoms with van der Waals surface area (Å²) in [6, 6.07) is 49.1. The number of nitrogens with one attached hydrogen (secondary N) is 1. The van der Waals surface area contributed by atoms with E-state index in [4.69, 9.17) is 16.9 Å². The van der Waals surface area contributed by atoms with Gasteiger partial charge in [-0.3, -0.25) is 0 Å². The molecule has 0 amide bonds. The molecule has 258 valence electrons. The van der Waals surface area contributed by atoms with Crippen LogP contribution in [-0.2, 0) is 0 Å². The van der Waals surface area contributed by atoms with Crippen molar-refractivity contribution in [2.45, 2.75) is 32.7 Å². The lowest BCUT2D eigenvalue weighted by atomic mass is 9.91. The van der Waals surface area contributed by atoms with Gasteiger partial charge in [0.25, 0.3) is 0 Å². The molecule has 1 heterocycles. The lowest BCUT2D eigenvalue weighted by Crippen LogP contribution is -2.13. The number of fused-ring (bicyclic) bond motifs is 3. The smallest absolute Gasteiger partial charge is 0.0548 e. The second kappa shape index (κ2) is 16.7. The molecule has 1 unspecified atom stereocenters. The number of anilines is 1. The Morgan fingerprint density at radius 3 is 1.94 bits per heavy atom. The summed E-state index contributed by atoms with van der Waals surface area (Å²) >= 11 is 0. The van der Waals surface area contributed by atoms with Gasteiger partial charge in [-0.1, -0.05) is 139 Å². The second-order valence-corrected chi connectivity index (χ2v) is 12.9. The highest BCUT2D eigenvalue weighted by atomic mass is 15.0. The first-order chi connectivity index (χ1) is 25.5. The number of nitrogen functional groups attached to an aromatic ring is 1. The van der Waals surface area contributed by atoms with Crippen LogP contribution in [0.3, 0.4) is 0 Å². The van der Waals surface area contributed by atoms with Gasteiger partial charge in [0.2, 0.25) is 0 Å². The van der Waals surface area contributed by atoms with Crippen molar-refractivity contribution in [1.82, 2.24) is 4.57 Å². The number of allylic oxidation sites excluding steroid dienone is 3. The van der Waals surface area contributed by atoms with E-state index >= 15 is 0 Å². The molecule has 0 radical (unpaired) electrons. The van der Waals surface area contributed by atoms with Crippen molar-refractivity contribution in [2.24, 2.45) is 5.73 Å². The van der Waals surface area contributed by atoms with Crippen molar-refractivity contribution >= 4 is 40.3 Å². The standard InChI is InChI=1S/C40H35N3.C7H8.CH3N/c1-2-11-31-24-32(27-20-22-29(23-21-27)39(41)28-12-4-3-5-13-28)26-36(40(31)42)30-14-10-15-33(25-30)43-37-18-8-6-16-34(37)35-17-7-9-19-38(35)43;1-7-5-3-2-4-6-7;1-2/h2,4,6-26,39H,3,5,41-42H2,1H3;2-6H,1H3;2H,1H2/b11-2-;;. The van der Waals surface area contributed by atoms with Crippen LogP contribution in [0.4, 0.5) is 5.69 Å². The maximum absolute atomic E-state index is 6.86. The van der Waals surface area contributed by atoms with E-state index < -0.39 is 0 Å². The number of para-hydroxylation sites is 2. The summed E-state index contributed by atoms with van der Waals surface area (Å²) in [4.78, 5) is 0. The van der Waals surface area contributed by atoms with Gasteiger partial charge in [0.1, 0.15) is 0 Å². The third-order valence-electron chi connectivity index (χ3n) is 9.48. The summed E-state index contributed by atoms with van der Waals surface area (Å²) in [6.07, 6.45) is 12.9. The molecule has 0 saturated heterocycles. The Morgan fingerprint density at radius 2 is 1.35 bits per heavy atom. The first-order valence-corrected chi connectivity index (χ1v) is 17.8. The molecule has 5 N–H and O–H groups in total. The van der Waals surface area contributed by atoms with Gasteiger partial charge in [0.05, 0.1) is 17.1 Å². The van der Waals surface area contributed by atoms with E-state index in [9.17, 15) is 0 Å². The van der Waals surface area contributed by atoms with Crippen LogP contribution >= 0.6 is 0 Å². The fraction of sp³-hybridized carbons (Fsp3) is 0.104. The van der Waals surface area contributed by atoms with Gasteiger partial charge >= 0.3 is 0 Å². The van der Waals surface area contributed by atoms with Crippen LogP contribution in [-0.4, -0.2) is 11.3 Å². The quantitative estimate of drug-likeness (QED) is 0.121. The molecular weight excluding hydrogens is 633 g/mol. The van der Waals surface area contributed by atoms with Gasteiger partial charge in [0.15, 0.2) is 0 Å². The fourth-order valence-corrected chi connectivity index (χ4v) is 6.89. The zero-order chi connectivity index (χ0) is 36.5. The molecule has 0 bridgehead atoms. The van der Waals surface area contributed by atoms with Crippen LogP contribution in [0.15, 0.2) is 169 Å². The average molecular weight is 679 g/mol. The van der Waals surface area contributed by atoms with Gasteiger partial charge < -0.3 is 21.4 Å². The minimum atomic E-state index is -0.116. The number of nitrogens with zero attached hydrogens (tertiary/aromatic N) is 1. The fourth-order valence-electron chi connectivity index (χ4n) is 6.89. The zero-order valence-corrected chi connectivity index (χ0v) is 30.0. The molecule has 6 aromatic carbocycles. The topological polar surface area (TPSA) is 80.8 Å². The molecule has 4 nitrogen and oxygen atoms in total. The van der Waals surface area contributed by atoms with Gasteiger partial charge in [0, 0.05) is 27.7 Å². The zero-order valence-electron chi connectivity index (χ0n) is 30.0. The molecule has 8 rings (SSSR count). The molecule has 0 aliphatic heterocycles. The molecule has 1 atom stereocenters. The van der Waals surface area contributed by atoms with Gasteiger partial charge in [-0.15, -0.1) is 0 Å². The van der Waals surface area contributed by atoms with Crippen molar-refractivity contribution in [3.05, 3.63) is 186 Å². The summed E-state index contributed by atoms with van der Waals surface area (Å²) in [6.45, 7) is 6.61. The maximum atomic E-state index is 6.86. The number of hydrogen-bond donors (Lipinski definition) is 3. The molecule has 52 heavy (non-hydrogen) atoms. The second-order valence-electron chi connectivity index (χ2n) is 12.9. The summed E-state index contributed by atoms with van der Waals surface area (Å²) in [5.74, 6) is 0. The molecule has 1 aliphatic rings. The molecule has 0 saturated carbocycles. The minimum absolute atomic E-state index is 0.116. The Morgan fingerprint density at radius 1 is 0.692 bits per heavy atom. The Bertz CT molecular complexity index is 2320. The van der Waals surface area contributed by atoms with Crippen molar-refractivity contribution < 1.29 is 0 Å². The van der Waals surface area contributed by atoms with Crippen LogP contribution < -0.4 is 11.5 Å². The Kier molecular flexibility index (Phi) is 11.4. The van der Waals surface area contributed by atoms with Gasteiger partial charge in [-0.2, -0.15) is 0 Å². The lowest BCUT2D eigenvalue weighted by molar-refractivity contribution is 0.843. The summed E-state index contributed by atoms with van der Waals surface area (Å²) in [5, 5.41) is 8.00. The monoisotopic (exact) mass is 678 g/mol. The van der Waals surface area contributed by atoms with Gasteiger partial charge in [-0.05, 0) is 103 Å². The number of aromatic nitrogens is 1. The molecule has 4 heteroatoms. The van der Waals surface area contributed by atoms with Gasteiger partial charge in [-0.25, -0.2) is 0 Å². The number of rotatable bonds is 6. The van der Waals surface area contributed by atoms with Crippen LogP contribution in [0.25, 0.3) is 55.8 Å². The van der Waals surface area contributed by atoms with E-state index in [0.717, 1.165) is 57.6 Å². The average Bonchev–Trinajstić information content (AvgIpc) is 3.55. The number of aryl methyl sites for hydroxylation is 1. The Labute approximate surface area is 307 Å². The highest BCUT2D eigenvalue weighted by molar-refractivity contribution is 6.09. The SMILES string of the molecule is C/C=C\c1cc(-c2ccc(C(N)C3=CCCC=C3)cc2)cc(-c2cccc(-n3c4ccccc4c4ccccc43)c2)c1N.C=N.Cc1ccccc1. The molecule has 0 spiro atoms. The number of benzene rings is 6. The van der Waals surface area contributed by atoms with Crippen LogP contribution in [0.5, 0.6) is 0 Å². The largest absolute Gasteiger partial charge is 0.398 e. The highest BCUT2D eigenvalue weighted by Gasteiger charge is 2.16. The number of nitrogens with two attached hydrogens (primary N) is 2. The molecule has 1 aromatic heterocycles. The van der Waals surface area contributed by atoms with E-state index in [1.165, 1.54) is 32.9 Å². The van der Waals surface area contributed by atoms with E-state index in [1.54, 1.807) is 0 Å². The predicted octanol–water partition coefficient (Wildman–Crippen LogP) is 12.3. The molecule has 7 aromatic rings. The van der Waals surface area contributed by atoms with Crippen LogP contribution in [0, 0.1) is 12.3 Å². The molecular formula is C48H46N4. The summed E-state index contributed by atoms with van der Waals surface area (Å²) in [5.41, 5.74) is 26.7. The van der Waals surface area contributed by atoms with E-state index in [2.05, 4.69) is 164 Å². The van der Waals surface area contributed by atoms with Crippen molar-refractivity contribution in [3.63, 3.8) is 0 Å². The summed E-state index contributed by atoms with van der Waals surface area (Å²) in [7, 11) is 0. The summed E-state index contributed by atoms with van der Waals surface area (Å²) < 4.78 is 2.35. The molecule has 0 fully saturated rings. The number of hydrogen-bond acceptors (Lipinski definition) is 3. The first-order valence-electron chi connectivity index (χ1n) is 17.8. The van der Waals surface area contributed by atoms with Crippen molar-refractivity contribution in [3.8, 4) is 27.9 Å². The Hall–Kier alpha value is -6.23. The third-order valence-corrected chi connectivity index (χ3v) is 9.48. The first kappa shape index (κ1) is 35.6. The highest BCUT2D eigenvalue weighted by Crippen LogP contribution is 2.38. The van der Waals surface area contributed by atoms with Crippen LogP contribution in [0.2, 0.25) is 0 Å². The minimum Gasteiger partial charge on any atom is -0.398 e. The van der Waals surface area contributed by atoms with E-state index in [-0.39, 0.29) is 6.04 Å². The molecule has 1 aliphatic carbocycles. The Balaban J connectivity index is 0.000000458. The van der Waals surface area contributed by atoms with E-state index in [1.807, 2.05) is 31.2 Å². The van der Waals surface area contributed by atoms with E-state index in [0.29, 0.717) is 0 Å². The maximum Gasteiger partial charge on any atom is 0.0548 e. The third kappa shape index (κ3) is 7.58. The van der Waals surface area contributed by atoms with Crippen LogP contribution in [0.1, 0.15) is 42.5 Å². The lowest BCUT2D eigenvalue weighted by Gasteiger charge is -2.17. The van der Waals surface area contributed by atoms with Crippen molar-refractivity contribution in [2.75, 3.05) is 5.73 Å². The normalized spacial score (nSPS) is 12.9.